The van der Waals surface area contributed by atoms with Crippen molar-refractivity contribution in [3.8, 4) is 0 Å². The maximum Gasteiger partial charge on any atom is 0.376 e. The summed E-state index contributed by atoms with van der Waals surface area (Å²) in [6.45, 7) is 1.26. The van der Waals surface area contributed by atoms with E-state index in [4.69, 9.17) is 27.9 Å². The minimum Gasteiger partial charge on any atom is -0.460 e. The second-order valence-corrected chi connectivity index (χ2v) is 6.15. The minimum absolute atomic E-state index is 0.0650. The number of ether oxygens (including phenoxy) is 2. The number of nitrogens with zero attached hydrogens (tertiary/aromatic N) is 1. The lowest BCUT2D eigenvalue weighted by Gasteiger charge is -2.08. The molecule has 0 aliphatic carbocycles. The van der Waals surface area contributed by atoms with Gasteiger partial charge < -0.3 is 9.47 Å². The Labute approximate surface area is 144 Å². The number of halogens is 2. The van der Waals surface area contributed by atoms with Crippen molar-refractivity contribution < 1.29 is 19.1 Å². The molecular formula is C14H11Cl2NO5S. The second kappa shape index (κ2) is 7.63. The molecule has 2 rings (SSSR count). The summed E-state index contributed by atoms with van der Waals surface area (Å²) in [6.07, 6.45) is 0. The fourth-order valence-electron chi connectivity index (χ4n) is 1.79. The summed E-state index contributed by atoms with van der Waals surface area (Å²) in [5.74, 6) is -2.42. The van der Waals surface area contributed by atoms with Crippen LogP contribution in [0.5, 0.6) is 0 Å². The summed E-state index contributed by atoms with van der Waals surface area (Å²) >= 11 is 12.1. The molecule has 1 aromatic heterocycles. The number of esters is 2. The van der Waals surface area contributed by atoms with Gasteiger partial charge in [0.05, 0.1) is 16.8 Å². The van der Waals surface area contributed by atoms with Gasteiger partial charge in [-0.1, -0.05) is 46.7 Å². The van der Waals surface area contributed by atoms with Gasteiger partial charge in [0, 0.05) is 0 Å². The third-order valence-electron chi connectivity index (χ3n) is 2.71. The third kappa shape index (κ3) is 4.13. The van der Waals surface area contributed by atoms with Gasteiger partial charge in [0.2, 0.25) is 5.76 Å². The molecule has 0 fully saturated rings. The van der Waals surface area contributed by atoms with Crippen LogP contribution < -0.4 is 4.87 Å². The average Bonchev–Trinajstić information content (AvgIpc) is 2.81. The number of benzene rings is 1. The molecule has 0 amide bonds. The Hall–Kier alpha value is -1.83. The average molecular weight is 376 g/mol. The number of rotatable bonds is 5. The first kappa shape index (κ1) is 17.5. The molecule has 0 saturated heterocycles. The molecule has 0 radical (unpaired) electrons. The number of fused-ring (bicyclic) bond motifs is 1. The predicted octanol–water partition coefficient (Wildman–Crippen LogP) is 2.82. The van der Waals surface area contributed by atoms with Crippen LogP contribution in [0.2, 0.25) is 0 Å². The van der Waals surface area contributed by atoms with E-state index in [2.05, 4.69) is 4.74 Å². The van der Waals surface area contributed by atoms with Crippen molar-refractivity contribution in [1.29, 1.82) is 0 Å². The van der Waals surface area contributed by atoms with Crippen LogP contribution in [0.15, 0.2) is 39.3 Å². The van der Waals surface area contributed by atoms with Crippen LogP contribution in [0.3, 0.4) is 0 Å². The Bertz CT molecular complexity index is 835. The summed E-state index contributed by atoms with van der Waals surface area (Å²) in [7, 11) is 0. The Morgan fingerprint density at radius 2 is 1.96 bits per heavy atom. The van der Waals surface area contributed by atoms with Crippen molar-refractivity contribution >= 4 is 56.7 Å². The van der Waals surface area contributed by atoms with Crippen LogP contribution in [0.25, 0.3) is 10.2 Å². The molecule has 0 unspecified atom stereocenters. The van der Waals surface area contributed by atoms with E-state index in [0.29, 0.717) is 5.52 Å². The zero-order chi connectivity index (χ0) is 17.0. The zero-order valence-electron chi connectivity index (χ0n) is 11.9. The first-order valence-electron chi connectivity index (χ1n) is 6.45. The highest BCUT2D eigenvalue weighted by atomic mass is 35.5. The molecular weight excluding hydrogens is 365 g/mol. The molecule has 0 saturated carbocycles. The maximum atomic E-state index is 12.0. The van der Waals surface area contributed by atoms with Gasteiger partial charge in [-0.15, -0.1) is 0 Å². The fraction of sp³-hybridized carbons (Fsp3) is 0.214. The van der Waals surface area contributed by atoms with Crippen molar-refractivity contribution in [2.75, 3.05) is 6.61 Å². The molecule has 0 aliphatic rings. The lowest BCUT2D eigenvalue weighted by molar-refractivity contribution is -0.151. The van der Waals surface area contributed by atoms with Crippen LogP contribution >= 0.6 is 34.5 Å². The monoisotopic (exact) mass is 375 g/mol. The van der Waals surface area contributed by atoms with Crippen molar-refractivity contribution in [1.82, 2.24) is 4.57 Å². The summed E-state index contributed by atoms with van der Waals surface area (Å²) < 4.78 is 11.0. The summed E-state index contributed by atoms with van der Waals surface area (Å²) in [5.41, 5.74) is 0.595. The Morgan fingerprint density at radius 3 is 2.61 bits per heavy atom. The highest BCUT2D eigenvalue weighted by molar-refractivity contribution is 7.16. The Balaban J connectivity index is 2.21. The summed E-state index contributed by atoms with van der Waals surface area (Å²) in [4.78, 5) is 35.2. The van der Waals surface area contributed by atoms with Gasteiger partial charge in [0.15, 0.2) is 4.49 Å². The first-order valence-corrected chi connectivity index (χ1v) is 8.02. The highest BCUT2D eigenvalue weighted by Crippen LogP contribution is 2.19. The topological polar surface area (TPSA) is 74.6 Å². The number of para-hydroxylation sites is 1. The number of hydrogen-bond donors (Lipinski definition) is 0. The van der Waals surface area contributed by atoms with Crippen molar-refractivity contribution in [2.24, 2.45) is 0 Å². The number of hydrogen-bond acceptors (Lipinski definition) is 6. The van der Waals surface area contributed by atoms with Crippen LogP contribution in [-0.2, 0) is 25.6 Å². The van der Waals surface area contributed by atoms with Crippen LogP contribution in [0.1, 0.15) is 6.92 Å². The molecule has 0 N–H and O–H groups in total. The molecule has 6 nitrogen and oxygen atoms in total. The normalized spacial score (nSPS) is 10.4. The molecule has 0 atom stereocenters. The SMILES string of the molecule is CCOC(=O)C(OC(=O)Cn1c(=O)sc2ccccc21)=C(Cl)Cl. The predicted molar refractivity (Wildman–Crippen MR) is 87.5 cm³/mol. The standard InChI is InChI=1S/C14H11Cl2NO5S/c1-2-21-13(19)11(12(15)16)22-10(18)7-17-8-5-3-4-6-9(8)23-14(17)20/h3-6H,2,7H2,1H3. The zero-order valence-corrected chi connectivity index (χ0v) is 14.2. The van der Waals surface area contributed by atoms with Crippen LogP contribution in [-0.4, -0.2) is 23.1 Å². The second-order valence-electron chi connectivity index (χ2n) is 4.21. The van der Waals surface area contributed by atoms with E-state index in [-0.39, 0.29) is 18.0 Å². The number of carbonyl (C=O) groups excluding carboxylic acids is 2. The van der Waals surface area contributed by atoms with Crippen LogP contribution in [0.4, 0.5) is 0 Å². The molecule has 0 aliphatic heterocycles. The quantitative estimate of drug-likeness (QED) is 0.456. The van der Waals surface area contributed by atoms with Crippen molar-refractivity contribution in [2.45, 2.75) is 13.5 Å². The van der Waals surface area contributed by atoms with Crippen molar-refractivity contribution in [3.05, 3.63) is 44.2 Å². The summed E-state index contributed by atoms with van der Waals surface area (Å²) in [5, 5.41) is 0. The van der Waals surface area contributed by atoms with Gasteiger partial charge in [-0.25, -0.2) is 9.59 Å². The maximum absolute atomic E-state index is 12.0. The first-order chi connectivity index (χ1) is 10.9. The molecule has 0 spiro atoms. The van der Waals surface area contributed by atoms with E-state index in [1.165, 1.54) is 4.57 Å². The van der Waals surface area contributed by atoms with Crippen molar-refractivity contribution in [3.63, 3.8) is 0 Å². The van der Waals surface area contributed by atoms with Gasteiger partial charge in [-0.3, -0.25) is 9.36 Å². The van der Waals surface area contributed by atoms with E-state index >= 15 is 0 Å². The van der Waals surface area contributed by atoms with E-state index < -0.39 is 22.2 Å². The lowest BCUT2D eigenvalue weighted by Crippen LogP contribution is -2.23. The molecule has 2 aromatic rings. The highest BCUT2D eigenvalue weighted by Gasteiger charge is 2.22. The molecule has 23 heavy (non-hydrogen) atoms. The van der Waals surface area contributed by atoms with Gasteiger partial charge in [-0.2, -0.15) is 0 Å². The van der Waals surface area contributed by atoms with Gasteiger partial charge >= 0.3 is 16.8 Å². The third-order valence-corrected chi connectivity index (χ3v) is 4.01. The smallest absolute Gasteiger partial charge is 0.376 e. The van der Waals surface area contributed by atoms with E-state index in [1.807, 2.05) is 0 Å². The van der Waals surface area contributed by atoms with E-state index in [9.17, 15) is 14.4 Å². The molecule has 9 heteroatoms. The minimum atomic E-state index is -0.955. The number of aromatic nitrogens is 1. The van der Waals surface area contributed by atoms with Crippen LogP contribution in [0, 0.1) is 0 Å². The van der Waals surface area contributed by atoms with Gasteiger partial charge in [-0.05, 0) is 19.1 Å². The fourth-order valence-corrected chi connectivity index (χ4v) is 2.92. The molecule has 0 bridgehead atoms. The Kier molecular flexibility index (Phi) is 5.81. The van der Waals surface area contributed by atoms with E-state index in [1.54, 1.807) is 31.2 Å². The van der Waals surface area contributed by atoms with E-state index in [0.717, 1.165) is 16.0 Å². The molecule has 122 valence electrons. The van der Waals surface area contributed by atoms with Gasteiger partial charge in [0.25, 0.3) is 0 Å². The van der Waals surface area contributed by atoms with Gasteiger partial charge in [0.1, 0.15) is 6.54 Å². The number of thiazole rings is 1. The molecule has 1 aromatic carbocycles. The molecule has 1 heterocycles. The Morgan fingerprint density at radius 1 is 1.26 bits per heavy atom. The lowest BCUT2D eigenvalue weighted by atomic mass is 10.3. The number of carbonyl (C=O) groups is 2. The summed E-state index contributed by atoms with van der Waals surface area (Å²) in [6, 6.07) is 7.01. The largest absolute Gasteiger partial charge is 0.460 e.